The lowest BCUT2D eigenvalue weighted by Gasteiger charge is -2.20. The molecule has 0 radical (unpaired) electrons. The van der Waals surface area contributed by atoms with Gasteiger partial charge in [0, 0.05) is 24.6 Å². The number of carbonyl (C=O) groups excluding carboxylic acids is 2. The zero-order valence-electron chi connectivity index (χ0n) is 16.3. The van der Waals surface area contributed by atoms with Gasteiger partial charge in [0.05, 0.1) is 12.7 Å². The molecule has 28 heavy (non-hydrogen) atoms. The fourth-order valence-electron chi connectivity index (χ4n) is 2.69. The van der Waals surface area contributed by atoms with Crippen LogP contribution in [0.15, 0.2) is 54.6 Å². The van der Waals surface area contributed by atoms with Crippen molar-refractivity contribution in [2.75, 3.05) is 19.8 Å². The van der Waals surface area contributed by atoms with E-state index in [1.54, 1.807) is 31.2 Å². The lowest BCUT2D eigenvalue weighted by Crippen LogP contribution is -2.33. The Balaban J connectivity index is 1.76. The first kappa shape index (κ1) is 21.6. The summed E-state index contributed by atoms with van der Waals surface area (Å²) in [6.07, 6.45) is -0.318. The zero-order chi connectivity index (χ0) is 20.4. The van der Waals surface area contributed by atoms with Crippen molar-refractivity contribution in [3.63, 3.8) is 0 Å². The van der Waals surface area contributed by atoms with Crippen LogP contribution in [0.3, 0.4) is 0 Å². The van der Waals surface area contributed by atoms with Crippen LogP contribution in [0.25, 0.3) is 0 Å². The molecule has 2 unspecified atom stereocenters. The molecule has 2 N–H and O–H groups in total. The van der Waals surface area contributed by atoms with Crippen LogP contribution in [0.5, 0.6) is 5.75 Å². The highest BCUT2D eigenvalue weighted by atomic mass is 16.6. The van der Waals surface area contributed by atoms with Gasteiger partial charge in [0.15, 0.2) is 12.4 Å². The standard InChI is InChI=1S/C22H27NO5/c1-3-27-21(25)15-28-19-11-9-17(10-12-19)20(24)13-14-23-16(2)22(26)18-7-5-4-6-8-18/h4-12,16,22-23,26H,3,13-15H2,1-2H3. The maximum absolute atomic E-state index is 12.3. The molecule has 0 amide bonds. The highest BCUT2D eigenvalue weighted by Crippen LogP contribution is 2.16. The van der Waals surface area contributed by atoms with Crippen LogP contribution in [-0.2, 0) is 9.53 Å². The molecule has 0 aliphatic heterocycles. The topological polar surface area (TPSA) is 84.9 Å². The number of hydrogen-bond donors (Lipinski definition) is 2. The van der Waals surface area contributed by atoms with Crippen molar-refractivity contribution in [2.24, 2.45) is 0 Å². The maximum Gasteiger partial charge on any atom is 0.344 e. The van der Waals surface area contributed by atoms with Gasteiger partial charge in [-0.15, -0.1) is 0 Å². The Hall–Kier alpha value is -2.70. The van der Waals surface area contributed by atoms with E-state index in [0.717, 1.165) is 5.56 Å². The molecule has 0 spiro atoms. The van der Waals surface area contributed by atoms with Crippen LogP contribution in [0, 0.1) is 0 Å². The third-order valence-corrected chi connectivity index (χ3v) is 4.27. The molecule has 150 valence electrons. The van der Waals surface area contributed by atoms with E-state index in [4.69, 9.17) is 9.47 Å². The minimum atomic E-state index is -0.632. The molecule has 2 rings (SSSR count). The average molecular weight is 385 g/mol. The fourth-order valence-corrected chi connectivity index (χ4v) is 2.69. The Morgan fingerprint density at radius 1 is 1.07 bits per heavy atom. The number of nitrogens with one attached hydrogen (secondary N) is 1. The number of carbonyl (C=O) groups is 2. The Morgan fingerprint density at radius 3 is 2.39 bits per heavy atom. The second-order valence-electron chi connectivity index (χ2n) is 6.39. The van der Waals surface area contributed by atoms with Crippen molar-refractivity contribution in [3.05, 3.63) is 65.7 Å². The van der Waals surface area contributed by atoms with Gasteiger partial charge in [0.2, 0.25) is 0 Å². The van der Waals surface area contributed by atoms with E-state index in [-0.39, 0.29) is 18.4 Å². The summed E-state index contributed by atoms with van der Waals surface area (Å²) >= 11 is 0. The minimum absolute atomic E-state index is 0.00848. The Bertz CT molecular complexity index is 745. The maximum atomic E-state index is 12.3. The van der Waals surface area contributed by atoms with Crippen LogP contribution in [0.1, 0.15) is 42.3 Å². The molecular weight excluding hydrogens is 358 g/mol. The van der Waals surface area contributed by atoms with Crippen molar-refractivity contribution in [1.29, 1.82) is 0 Å². The van der Waals surface area contributed by atoms with Crippen molar-refractivity contribution >= 4 is 11.8 Å². The molecule has 2 aromatic rings. The van der Waals surface area contributed by atoms with E-state index < -0.39 is 12.1 Å². The normalized spacial score (nSPS) is 12.8. The van der Waals surface area contributed by atoms with Gasteiger partial charge in [-0.3, -0.25) is 4.79 Å². The molecule has 6 nitrogen and oxygen atoms in total. The predicted molar refractivity (Wildman–Crippen MR) is 106 cm³/mol. The van der Waals surface area contributed by atoms with Gasteiger partial charge in [0.25, 0.3) is 0 Å². The second kappa shape index (κ2) is 11.2. The molecule has 2 aromatic carbocycles. The highest BCUT2D eigenvalue weighted by molar-refractivity contribution is 5.96. The number of aliphatic hydroxyl groups excluding tert-OH is 1. The van der Waals surface area contributed by atoms with Gasteiger partial charge in [-0.05, 0) is 43.7 Å². The Labute approximate surface area is 165 Å². The largest absolute Gasteiger partial charge is 0.482 e. The third-order valence-electron chi connectivity index (χ3n) is 4.27. The number of esters is 1. The highest BCUT2D eigenvalue weighted by Gasteiger charge is 2.16. The van der Waals surface area contributed by atoms with Crippen LogP contribution in [-0.4, -0.2) is 42.7 Å². The molecule has 0 heterocycles. The molecule has 0 saturated carbocycles. The summed E-state index contributed by atoms with van der Waals surface area (Å²) in [6, 6.07) is 15.9. The van der Waals surface area contributed by atoms with Gasteiger partial charge >= 0.3 is 5.97 Å². The first-order valence-corrected chi connectivity index (χ1v) is 9.39. The van der Waals surface area contributed by atoms with E-state index >= 15 is 0 Å². The van der Waals surface area contributed by atoms with Gasteiger partial charge in [-0.2, -0.15) is 0 Å². The van der Waals surface area contributed by atoms with Crippen molar-refractivity contribution in [2.45, 2.75) is 32.4 Å². The number of aliphatic hydroxyl groups is 1. The van der Waals surface area contributed by atoms with Crippen LogP contribution < -0.4 is 10.1 Å². The number of Topliss-reactive ketones (excluding diaryl/α,β-unsaturated/α-hetero) is 1. The van der Waals surface area contributed by atoms with Gasteiger partial charge in [-0.25, -0.2) is 4.79 Å². The predicted octanol–water partition coefficient (Wildman–Crippen LogP) is 2.91. The lowest BCUT2D eigenvalue weighted by atomic mass is 10.0. The average Bonchev–Trinajstić information content (AvgIpc) is 2.72. The molecule has 0 aromatic heterocycles. The summed E-state index contributed by atoms with van der Waals surface area (Å²) in [5.41, 5.74) is 1.41. The quantitative estimate of drug-likeness (QED) is 0.457. The summed E-state index contributed by atoms with van der Waals surface area (Å²) in [4.78, 5) is 23.6. The summed E-state index contributed by atoms with van der Waals surface area (Å²) in [6.45, 7) is 4.23. The Morgan fingerprint density at radius 2 is 1.75 bits per heavy atom. The molecule has 0 aliphatic rings. The van der Waals surface area contributed by atoms with Gasteiger partial charge in [-0.1, -0.05) is 30.3 Å². The number of ketones is 1. The van der Waals surface area contributed by atoms with E-state index in [0.29, 0.717) is 30.9 Å². The Kier molecular flexibility index (Phi) is 8.65. The monoisotopic (exact) mass is 385 g/mol. The summed E-state index contributed by atoms with van der Waals surface area (Å²) in [7, 11) is 0. The number of ether oxygens (including phenoxy) is 2. The lowest BCUT2D eigenvalue weighted by molar-refractivity contribution is -0.145. The molecular formula is C22H27NO5. The third kappa shape index (κ3) is 6.79. The SMILES string of the molecule is CCOC(=O)COc1ccc(C(=O)CCNC(C)C(O)c2ccccc2)cc1. The molecule has 0 bridgehead atoms. The number of rotatable bonds is 11. The smallest absolute Gasteiger partial charge is 0.344 e. The van der Waals surface area contributed by atoms with E-state index in [1.165, 1.54) is 0 Å². The van der Waals surface area contributed by atoms with E-state index in [1.807, 2.05) is 37.3 Å². The van der Waals surface area contributed by atoms with Crippen molar-refractivity contribution in [3.8, 4) is 5.75 Å². The minimum Gasteiger partial charge on any atom is -0.482 e. The molecule has 0 aliphatic carbocycles. The first-order chi connectivity index (χ1) is 13.5. The van der Waals surface area contributed by atoms with E-state index in [9.17, 15) is 14.7 Å². The fraction of sp³-hybridized carbons (Fsp3) is 0.364. The summed E-state index contributed by atoms with van der Waals surface area (Å²) < 4.78 is 10.1. The molecule has 2 atom stereocenters. The van der Waals surface area contributed by atoms with E-state index in [2.05, 4.69) is 5.32 Å². The van der Waals surface area contributed by atoms with Crippen LogP contribution in [0.2, 0.25) is 0 Å². The van der Waals surface area contributed by atoms with Gasteiger partial charge < -0.3 is 19.9 Å². The summed E-state index contributed by atoms with van der Waals surface area (Å²) in [5, 5.41) is 13.5. The molecule has 0 saturated heterocycles. The van der Waals surface area contributed by atoms with Crippen molar-refractivity contribution in [1.82, 2.24) is 5.32 Å². The first-order valence-electron chi connectivity index (χ1n) is 9.39. The molecule has 6 heteroatoms. The van der Waals surface area contributed by atoms with Crippen LogP contribution >= 0.6 is 0 Å². The number of benzene rings is 2. The van der Waals surface area contributed by atoms with Crippen molar-refractivity contribution < 1.29 is 24.2 Å². The zero-order valence-corrected chi connectivity index (χ0v) is 16.3. The van der Waals surface area contributed by atoms with Crippen LogP contribution in [0.4, 0.5) is 0 Å². The number of hydrogen-bond acceptors (Lipinski definition) is 6. The summed E-state index contributed by atoms with van der Waals surface area (Å²) in [5.74, 6) is 0.0636. The van der Waals surface area contributed by atoms with Gasteiger partial charge in [0.1, 0.15) is 5.75 Å². The molecule has 0 fully saturated rings. The second-order valence-corrected chi connectivity index (χ2v) is 6.39.